The molecule has 0 aromatic rings. The highest BCUT2D eigenvalue weighted by atomic mass is 16.2. The largest absolute Gasteiger partial charge is 0.342 e. The zero-order chi connectivity index (χ0) is 7.84. The van der Waals surface area contributed by atoms with Gasteiger partial charge in [0.25, 0.3) is 0 Å². The Morgan fingerprint density at radius 1 is 1.55 bits per heavy atom. The molecule has 2 bridgehead atoms. The Labute approximate surface area is 66.9 Å². The van der Waals surface area contributed by atoms with E-state index in [1.165, 1.54) is 6.42 Å². The van der Waals surface area contributed by atoms with E-state index >= 15 is 0 Å². The van der Waals surface area contributed by atoms with E-state index in [0.717, 1.165) is 12.8 Å². The second kappa shape index (κ2) is 2.36. The van der Waals surface area contributed by atoms with Crippen LogP contribution in [-0.4, -0.2) is 23.9 Å². The van der Waals surface area contributed by atoms with E-state index in [0.29, 0.717) is 11.9 Å². The monoisotopic (exact) mass is 151 g/mol. The van der Waals surface area contributed by atoms with Crippen LogP contribution in [0.15, 0.2) is 12.2 Å². The molecule has 1 amide bonds. The van der Waals surface area contributed by atoms with Gasteiger partial charge in [-0.1, -0.05) is 12.2 Å². The van der Waals surface area contributed by atoms with E-state index in [-0.39, 0.29) is 5.92 Å². The number of fused-ring (bicyclic) bond motifs is 3. The Kier molecular flexibility index (Phi) is 1.48. The van der Waals surface area contributed by atoms with Crippen molar-refractivity contribution >= 4 is 5.91 Å². The summed E-state index contributed by atoms with van der Waals surface area (Å²) in [5.74, 6) is 0.508. The molecule has 0 aromatic carbocycles. The van der Waals surface area contributed by atoms with Gasteiger partial charge >= 0.3 is 0 Å². The third-order valence-electron chi connectivity index (χ3n) is 2.80. The van der Waals surface area contributed by atoms with Crippen molar-refractivity contribution in [3.8, 4) is 0 Å². The number of carbonyl (C=O) groups is 1. The van der Waals surface area contributed by atoms with E-state index in [1.54, 1.807) is 0 Å². The molecular formula is C9H13NO. The first-order chi connectivity index (χ1) is 5.29. The molecule has 0 unspecified atom stereocenters. The fraction of sp³-hybridized carbons (Fsp3) is 0.667. The van der Waals surface area contributed by atoms with Crippen LogP contribution in [0, 0.1) is 5.92 Å². The maximum absolute atomic E-state index is 11.5. The molecule has 3 rings (SSSR count). The zero-order valence-electron chi connectivity index (χ0n) is 6.79. The Balaban J connectivity index is 2.29. The molecule has 0 saturated carbocycles. The van der Waals surface area contributed by atoms with E-state index < -0.39 is 0 Å². The summed E-state index contributed by atoms with van der Waals surface area (Å²) in [5.41, 5.74) is 0. The standard InChI is InChI=1S/C9H13NO/c1-10-8-4-2-3-7(5-6-8)9(10)11/h2-3,7-8H,4-6H2,1H3/t7-,8+/m1/s1. The van der Waals surface area contributed by atoms with Crippen LogP contribution >= 0.6 is 0 Å². The topological polar surface area (TPSA) is 20.3 Å². The molecule has 0 N–H and O–H groups in total. The summed E-state index contributed by atoms with van der Waals surface area (Å²) in [5, 5.41) is 0. The fourth-order valence-electron chi connectivity index (χ4n) is 1.98. The van der Waals surface area contributed by atoms with Crippen molar-refractivity contribution in [1.82, 2.24) is 4.90 Å². The van der Waals surface area contributed by atoms with Crippen molar-refractivity contribution in [3.63, 3.8) is 0 Å². The van der Waals surface area contributed by atoms with Gasteiger partial charge < -0.3 is 4.90 Å². The van der Waals surface area contributed by atoms with Crippen molar-refractivity contribution in [2.75, 3.05) is 7.05 Å². The van der Waals surface area contributed by atoms with Gasteiger partial charge in [-0.15, -0.1) is 0 Å². The molecule has 1 saturated heterocycles. The van der Waals surface area contributed by atoms with E-state index in [2.05, 4.69) is 12.2 Å². The minimum absolute atomic E-state index is 0.193. The van der Waals surface area contributed by atoms with Crippen molar-refractivity contribution in [1.29, 1.82) is 0 Å². The Morgan fingerprint density at radius 2 is 2.36 bits per heavy atom. The molecule has 2 heterocycles. The number of piperidine rings is 1. The SMILES string of the molecule is CN1C(=O)[C@@H]2C=CC[C@H]1CC2. The van der Waals surface area contributed by atoms with Crippen molar-refractivity contribution in [2.45, 2.75) is 25.3 Å². The predicted molar refractivity (Wildman–Crippen MR) is 43.0 cm³/mol. The van der Waals surface area contributed by atoms with Gasteiger partial charge in [0.05, 0.1) is 5.92 Å². The molecule has 0 radical (unpaired) electrons. The quantitative estimate of drug-likeness (QED) is 0.476. The van der Waals surface area contributed by atoms with Gasteiger partial charge in [0.15, 0.2) is 0 Å². The number of rotatable bonds is 0. The van der Waals surface area contributed by atoms with Crippen LogP contribution in [0.1, 0.15) is 19.3 Å². The highest BCUT2D eigenvalue weighted by Gasteiger charge is 2.32. The third-order valence-corrected chi connectivity index (χ3v) is 2.80. The first-order valence-electron chi connectivity index (χ1n) is 4.22. The molecule has 0 aromatic heterocycles. The van der Waals surface area contributed by atoms with Crippen LogP contribution in [0.3, 0.4) is 0 Å². The average molecular weight is 151 g/mol. The number of hydrogen-bond donors (Lipinski definition) is 0. The zero-order valence-corrected chi connectivity index (χ0v) is 6.79. The highest BCUT2D eigenvalue weighted by Crippen LogP contribution is 2.28. The normalized spacial score (nSPS) is 36.1. The van der Waals surface area contributed by atoms with Gasteiger partial charge in [-0.2, -0.15) is 0 Å². The maximum atomic E-state index is 11.5. The van der Waals surface area contributed by atoms with Crippen LogP contribution in [-0.2, 0) is 4.79 Å². The number of hydrogen-bond acceptors (Lipinski definition) is 1. The minimum atomic E-state index is 0.193. The molecule has 1 fully saturated rings. The summed E-state index contributed by atoms with van der Waals surface area (Å²) in [6, 6.07) is 0.484. The van der Waals surface area contributed by atoms with Crippen molar-refractivity contribution < 1.29 is 4.79 Å². The molecule has 60 valence electrons. The smallest absolute Gasteiger partial charge is 0.229 e. The lowest BCUT2D eigenvalue weighted by molar-refractivity contribution is -0.137. The lowest BCUT2D eigenvalue weighted by atomic mass is 9.95. The predicted octanol–water partition coefficient (Wildman–Crippen LogP) is 1.18. The van der Waals surface area contributed by atoms with E-state index in [1.807, 2.05) is 11.9 Å². The third kappa shape index (κ3) is 0.971. The molecule has 2 aliphatic heterocycles. The van der Waals surface area contributed by atoms with Gasteiger partial charge in [0.1, 0.15) is 0 Å². The molecule has 2 heteroatoms. The van der Waals surface area contributed by atoms with Gasteiger partial charge in [0.2, 0.25) is 5.91 Å². The van der Waals surface area contributed by atoms with Crippen LogP contribution in [0.25, 0.3) is 0 Å². The number of nitrogens with zero attached hydrogens (tertiary/aromatic N) is 1. The van der Waals surface area contributed by atoms with Gasteiger partial charge in [-0.3, -0.25) is 4.79 Å². The molecule has 1 aliphatic carbocycles. The Morgan fingerprint density at radius 3 is 3.18 bits per heavy atom. The molecule has 11 heavy (non-hydrogen) atoms. The summed E-state index contributed by atoms with van der Waals surface area (Å²) in [7, 11) is 1.92. The number of carbonyl (C=O) groups excluding carboxylic acids is 1. The van der Waals surface area contributed by atoms with Gasteiger partial charge in [0, 0.05) is 13.1 Å². The summed E-state index contributed by atoms with van der Waals surface area (Å²) in [6.07, 6.45) is 7.53. The van der Waals surface area contributed by atoms with E-state index in [4.69, 9.17) is 0 Å². The van der Waals surface area contributed by atoms with Crippen molar-refractivity contribution in [3.05, 3.63) is 12.2 Å². The van der Waals surface area contributed by atoms with E-state index in [9.17, 15) is 4.79 Å². The molecular weight excluding hydrogens is 138 g/mol. The summed E-state index contributed by atoms with van der Waals surface area (Å²) >= 11 is 0. The maximum Gasteiger partial charge on any atom is 0.229 e. The summed E-state index contributed by atoms with van der Waals surface area (Å²) in [4.78, 5) is 13.4. The lowest BCUT2D eigenvalue weighted by Gasteiger charge is -2.33. The molecule has 2 atom stereocenters. The van der Waals surface area contributed by atoms with Crippen LogP contribution in [0.5, 0.6) is 0 Å². The van der Waals surface area contributed by atoms with Crippen LogP contribution in [0.2, 0.25) is 0 Å². The average Bonchev–Trinajstić information content (AvgIpc) is 2.30. The Hall–Kier alpha value is -0.790. The first kappa shape index (κ1) is 6.89. The van der Waals surface area contributed by atoms with Crippen LogP contribution < -0.4 is 0 Å². The summed E-state index contributed by atoms with van der Waals surface area (Å²) < 4.78 is 0. The minimum Gasteiger partial charge on any atom is -0.342 e. The summed E-state index contributed by atoms with van der Waals surface area (Å²) in [6.45, 7) is 0. The van der Waals surface area contributed by atoms with Crippen molar-refractivity contribution in [2.24, 2.45) is 5.92 Å². The van der Waals surface area contributed by atoms with Gasteiger partial charge in [-0.25, -0.2) is 0 Å². The highest BCUT2D eigenvalue weighted by molar-refractivity contribution is 5.81. The molecule has 2 nitrogen and oxygen atoms in total. The first-order valence-corrected chi connectivity index (χ1v) is 4.22. The molecule has 0 spiro atoms. The Bertz CT molecular complexity index is 210. The molecule has 3 aliphatic rings. The number of amides is 1. The van der Waals surface area contributed by atoms with Gasteiger partial charge in [-0.05, 0) is 19.3 Å². The van der Waals surface area contributed by atoms with Crippen LogP contribution in [0.4, 0.5) is 0 Å². The second-order valence-electron chi connectivity index (χ2n) is 3.45. The fourth-order valence-corrected chi connectivity index (χ4v) is 1.98. The second-order valence-corrected chi connectivity index (χ2v) is 3.45. The lowest BCUT2D eigenvalue weighted by Crippen LogP contribution is -2.43.